The summed E-state index contributed by atoms with van der Waals surface area (Å²) in [5, 5.41) is 7.76. The second-order valence-electron chi connectivity index (χ2n) is 11.5. The summed E-state index contributed by atoms with van der Waals surface area (Å²) in [6, 6.07) is 0. The van der Waals surface area contributed by atoms with Crippen LogP contribution in [0.4, 0.5) is 87.8 Å². The van der Waals surface area contributed by atoms with Gasteiger partial charge >= 0.3 is 0 Å². The minimum Gasteiger partial charge on any atom is -0.485 e. The number of rotatable bonds is 12. The standard InChI is InChI=1S/C11H11F5O2.C9H5F5O2.C9H5F5O.C6BrF5.C3H6O.2CH4/c1-3-5(17-2)4-18-11-9(15)7(13)6(12)8(14)10(11)16;10-4-5(11)7(13)9(8(14)6(4)12)16-2-3-1-15-3;1-2-3-15-9-7(13)5(11)4(10)6(12)8(9)14;7-1-2(8)4(10)6(12)5(11)3(1)9;1-2-3-4;;/h5H,3-4H2,1-2H3;3H,1-2H2;2H,1,3H2;;2,4H,1,3H2;2*1H4. The molecule has 5 rings (SSSR count). The predicted octanol–water partition coefficient (Wildman–Crippen LogP) is 12.9. The van der Waals surface area contributed by atoms with Gasteiger partial charge in [0, 0.05) is 7.11 Å². The molecule has 0 spiro atoms. The Labute approximate surface area is 376 Å². The van der Waals surface area contributed by atoms with E-state index >= 15 is 0 Å². The molecule has 6 nitrogen and oxygen atoms in total. The van der Waals surface area contributed by atoms with E-state index in [1.165, 1.54) is 13.2 Å². The van der Waals surface area contributed by atoms with Crippen molar-refractivity contribution in [3.05, 3.63) is 146 Å². The van der Waals surface area contributed by atoms with Gasteiger partial charge in [-0.15, -0.1) is 6.58 Å². The van der Waals surface area contributed by atoms with Crippen LogP contribution in [0.1, 0.15) is 28.2 Å². The van der Waals surface area contributed by atoms with Crippen LogP contribution in [-0.4, -0.2) is 57.5 Å². The van der Waals surface area contributed by atoms with Crippen LogP contribution in [0.15, 0.2) is 29.8 Å². The van der Waals surface area contributed by atoms with Gasteiger partial charge in [-0.25, -0.2) is 61.5 Å². The molecule has 1 N–H and O–H groups in total. The fourth-order valence-corrected chi connectivity index (χ4v) is 4.07. The van der Waals surface area contributed by atoms with Gasteiger partial charge in [0.05, 0.1) is 23.8 Å². The fourth-order valence-electron chi connectivity index (χ4n) is 3.72. The lowest BCUT2D eigenvalue weighted by molar-refractivity contribution is 0.0519. The van der Waals surface area contributed by atoms with Crippen LogP contribution in [0, 0.1) is 116 Å². The van der Waals surface area contributed by atoms with Crippen molar-refractivity contribution >= 4 is 15.9 Å². The van der Waals surface area contributed by atoms with Gasteiger partial charge < -0.3 is 28.8 Å². The zero-order valence-corrected chi connectivity index (χ0v) is 34.0. The van der Waals surface area contributed by atoms with E-state index in [1.807, 2.05) is 0 Å². The highest BCUT2D eigenvalue weighted by Gasteiger charge is 2.31. The predicted molar refractivity (Wildman–Crippen MR) is 201 cm³/mol. The molecule has 0 radical (unpaired) electrons. The maximum atomic E-state index is 13.2. The first-order valence-electron chi connectivity index (χ1n) is 16.9. The van der Waals surface area contributed by atoms with E-state index in [1.54, 1.807) is 6.92 Å². The van der Waals surface area contributed by atoms with Gasteiger partial charge in [-0.2, -0.15) is 26.3 Å². The molecule has 1 heterocycles. The van der Waals surface area contributed by atoms with E-state index in [0.29, 0.717) is 13.0 Å². The highest BCUT2D eigenvalue weighted by molar-refractivity contribution is 9.10. The third-order valence-electron chi connectivity index (χ3n) is 7.16. The van der Waals surface area contributed by atoms with Crippen molar-refractivity contribution in [2.24, 2.45) is 0 Å². The second kappa shape index (κ2) is 29.5. The van der Waals surface area contributed by atoms with Crippen molar-refractivity contribution in [2.45, 2.75) is 40.4 Å². The zero-order chi connectivity index (χ0) is 50.2. The van der Waals surface area contributed by atoms with Crippen LogP contribution in [0.2, 0.25) is 0 Å². The molecule has 1 aliphatic heterocycles. The normalized spacial score (nSPS) is 12.4. The van der Waals surface area contributed by atoms with Crippen LogP contribution in [0.25, 0.3) is 0 Å². The Morgan fingerprint density at radius 3 is 1.04 bits per heavy atom. The molecule has 1 aliphatic rings. The lowest BCUT2D eigenvalue weighted by Gasteiger charge is -2.15. The SMILES string of the molecule is C.C.C=CCO.C=CCOc1c(F)c(F)c(F)c(F)c1F.CCC(COc1c(F)c(F)c(F)c(F)c1F)OC.Fc1c(F)c(F)c(Br)c(F)c1F.Fc1c(F)c(F)c(OCC2CO2)c(F)c1F. The molecule has 378 valence electrons. The quantitative estimate of drug-likeness (QED) is 0.0501. The van der Waals surface area contributed by atoms with Gasteiger partial charge in [0.15, 0.2) is 40.5 Å². The lowest BCUT2D eigenvalue weighted by Crippen LogP contribution is -2.20. The molecule has 0 aromatic heterocycles. The van der Waals surface area contributed by atoms with Crippen molar-refractivity contribution < 1.29 is 117 Å². The monoisotopic (exact) mass is 1070 g/mol. The molecule has 2 atom stereocenters. The molecule has 67 heavy (non-hydrogen) atoms. The van der Waals surface area contributed by atoms with Crippen molar-refractivity contribution in [2.75, 3.05) is 40.1 Å². The number of epoxide rings is 1. The molecular formula is C40H35BrF20O6. The van der Waals surface area contributed by atoms with Gasteiger partial charge in [-0.1, -0.05) is 40.5 Å². The number of benzene rings is 4. The molecule has 1 saturated heterocycles. The summed E-state index contributed by atoms with van der Waals surface area (Å²) in [4.78, 5) is 0. The summed E-state index contributed by atoms with van der Waals surface area (Å²) in [5.74, 6) is -44.4. The van der Waals surface area contributed by atoms with Crippen molar-refractivity contribution in [3.8, 4) is 17.2 Å². The maximum absolute atomic E-state index is 13.2. The second-order valence-corrected chi connectivity index (χ2v) is 12.3. The van der Waals surface area contributed by atoms with E-state index in [9.17, 15) is 87.8 Å². The third kappa shape index (κ3) is 16.5. The highest BCUT2D eigenvalue weighted by Crippen LogP contribution is 2.32. The summed E-state index contributed by atoms with van der Waals surface area (Å²) in [6.45, 7) is 7.61. The summed E-state index contributed by atoms with van der Waals surface area (Å²) in [7, 11) is 1.34. The molecule has 1 fully saturated rings. The number of aliphatic hydroxyl groups excluding tert-OH is 1. The lowest BCUT2D eigenvalue weighted by atomic mass is 10.2. The van der Waals surface area contributed by atoms with Gasteiger partial charge in [0.25, 0.3) is 0 Å². The van der Waals surface area contributed by atoms with Crippen molar-refractivity contribution in [3.63, 3.8) is 0 Å². The Bertz CT molecular complexity index is 2100. The Hall–Kier alpha value is -5.28. The minimum absolute atomic E-state index is 0. The summed E-state index contributed by atoms with van der Waals surface area (Å²) in [5.41, 5.74) is 0. The van der Waals surface area contributed by atoms with Gasteiger partial charge in [-0.05, 0) is 22.4 Å². The molecule has 0 saturated carbocycles. The number of methoxy groups -OCH3 is 1. The Morgan fingerprint density at radius 1 is 0.522 bits per heavy atom. The number of hydrogen-bond acceptors (Lipinski definition) is 6. The Morgan fingerprint density at radius 2 is 0.791 bits per heavy atom. The van der Waals surface area contributed by atoms with Crippen LogP contribution < -0.4 is 14.2 Å². The van der Waals surface area contributed by atoms with Gasteiger partial charge in [0.1, 0.15) is 25.9 Å². The fraction of sp³-hybridized carbons (Fsp3) is 0.300. The van der Waals surface area contributed by atoms with Crippen LogP contribution >= 0.6 is 15.9 Å². The van der Waals surface area contributed by atoms with Crippen LogP contribution in [0.5, 0.6) is 17.2 Å². The zero-order valence-electron chi connectivity index (χ0n) is 32.4. The number of aliphatic hydroxyl groups is 1. The third-order valence-corrected chi connectivity index (χ3v) is 7.85. The summed E-state index contributed by atoms with van der Waals surface area (Å²) < 4.78 is 275. The topological polar surface area (TPSA) is 69.7 Å². The summed E-state index contributed by atoms with van der Waals surface area (Å²) in [6.07, 6.45) is 2.15. The first-order chi connectivity index (χ1) is 30.3. The molecule has 4 aromatic carbocycles. The van der Waals surface area contributed by atoms with Crippen molar-refractivity contribution in [1.29, 1.82) is 0 Å². The van der Waals surface area contributed by atoms with Gasteiger partial charge in [-0.3, -0.25) is 0 Å². The largest absolute Gasteiger partial charge is 0.485 e. The molecule has 0 aliphatic carbocycles. The Balaban J connectivity index is 0. The molecule has 27 heteroatoms. The molecule has 0 amide bonds. The minimum atomic E-state index is -2.21. The van der Waals surface area contributed by atoms with Crippen molar-refractivity contribution in [1.82, 2.24) is 0 Å². The molecule has 2 unspecified atom stereocenters. The number of halogens is 21. The first-order valence-corrected chi connectivity index (χ1v) is 17.7. The van der Waals surface area contributed by atoms with E-state index < -0.39 is 144 Å². The van der Waals surface area contributed by atoms with E-state index in [2.05, 4.69) is 48.0 Å². The molecule has 4 aromatic rings. The summed E-state index contributed by atoms with van der Waals surface area (Å²) >= 11 is 2.22. The maximum Gasteiger partial charge on any atom is 0.207 e. The van der Waals surface area contributed by atoms with E-state index in [4.69, 9.17) is 9.84 Å². The Kier molecular flexibility index (Phi) is 28.1. The molecule has 0 bridgehead atoms. The smallest absolute Gasteiger partial charge is 0.207 e. The average molecular weight is 1070 g/mol. The average Bonchev–Trinajstić information content (AvgIpc) is 4.15. The van der Waals surface area contributed by atoms with Crippen LogP contribution in [-0.2, 0) is 9.47 Å². The number of hydrogen-bond donors (Lipinski definition) is 1. The van der Waals surface area contributed by atoms with E-state index in [0.717, 1.165) is 6.08 Å². The van der Waals surface area contributed by atoms with Gasteiger partial charge in [0.2, 0.25) is 93.1 Å². The highest BCUT2D eigenvalue weighted by atomic mass is 79.9. The van der Waals surface area contributed by atoms with E-state index in [-0.39, 0.29) is 47.4 Å². The first kappa shape index (κ1) is 63.8. The van der Waals surface area contributed by atoms with Crippen LogP contribution in [0.3, 0.4) is 0 Å². The molecular weight excluding hydrogens is 1040 g/mol. The number of ether oxygens (including phenoxy) is 5.